The fourth-order valence-corrected chi connectivity index (χ4v) is 6.38. The maximum Gasteiger partial charge on any atom is 0.266 e. The minimum absolute atomic E-state index is 0.155. The van der Waals surface area contributed by atoms with Crippen LogP contribution in [0.4, 0.5) is 15.2 Å². The highest BCUT2D eigenvalue weighted by atomic mass is 35.5. The molecule has 1 aromatic heterocycles. The van der Waals surface area contributed by atoms with Gasteiger partial charge in [0.05, 0.1) is 10.7 Å². The lowest BCUT2D eigenvalue weighted by molar-refractivity contribution is 0.447. The number of hydrogen-bond acceptors (Lipinski definition) is 7. The summed E-state index contributed by atoms with van der Waals surface area (Å²) in [6.45, 7) is 2.70. The maximum absolute atomic E-state index is 14.5. The fourth-order valence-electron chi connectivity index (χ4n) is 4.21. The van der Waals surface area contributed by atoms with Crippen molar-refractivity contribution in [2.24, 2.45) is 5.92 Å². The molecule has 2 bridgehead atoms. The molecule has 3 atom stereocenters. The van der Waals surface area contributed by atoms with Gasteiger partial charge in [0.15, 0.2) is 5.13 Å². The van der Waals surface area contributed by atoms with Crippen molar-refractivity contribution in [1.82, 2.24) is 15.6 Å². The van der Waals surface area contributed by atoms with Crippen LogP contribution in [0.15, 0.2) is 28.6 Å². The molecule has 0 unspecified atom stereocenters. The van der Waals surface area contributed by atoms with E-state index < -0.39 is 20.7 Å². The molecule has 30 heavy (non-hydrogen) atoms. The number of unbranched alkanes of at least 4 members (excludes halogenated alkanes) is 1. The summed E-state index contributed by atoms with van der Waals surface area (Å²) in [7, 11) is -4.10. The minimum atomic E-state index is -4.10. The molecule has 0 amide bonds. The predicted molar refractivity (Wildman–Crippen MR) is 118 cm³/mol. The van der Waals surface area contributed by atoms with Gasteiger partial charge in [0, 0.05) is 30.2 Å². The molecule has 4 rings (SSSR count). The lowest BCUT2D eigenvalue weighted by Crippen LogP contribution is -2.39. The molecule has 2 fully saturated rings. The van der Waals surface area contributed by atoms with Gasteiger partial charge < -0.3 is 16.0 Å². The first-order chi connectivity index (χ1) is 14.4. The van der Waals surface area contributed by atoms with Crippen molar-refractivity contribution in [3.05, 3.63) is 34.5 Å². The summed E-state index contributed by atoms with van der Waals surface area (Å²) in [5.74, 6) is -0.105. The molecule has 0 radical (unpaired) electrons. The van der Waals surface area contributed by atoms with E-state index in [4.69, 9.17) is 11.6 Å². The molecule has 0 spiro atoms. The van der Waals surface area contributed by atoms with Gasteiger partial charge in [-0.15, -0.1) is 11.3 Å². The van der Waals surface area contributed by atoms with E-state index in [1.54, 1.807) is 5.38 Å². The zero-order chi connectivity index (χ0) is 21.1. The molecule has 1 aliphatic carbocycles. The molecule has 164 valence electrons. The minimum Gasteiger partial charge on any atom is -0.384 e. The summed E-state index contributed by atoms with van der Waals surface area (Å²) < 4.78 is 41.5. The topological polar surface area (TPSA) is 95.2 Å². The number of halogens is 2. The summed E-state index contributed by atoms with van der Waals surface area (Å²) in [5, 5.41) is 12.2. The number of thiazole rings is 1. The van der Waals surface area contributed by atoms with Crippen LogP contribution in [0.1, 0.15) is 25.7 Å². The molecule has 11 heteroatoms. The van der Waals surface area contributed by atoms with Gasteiger partial charge in [-0.3, -0.25) is 4.72 Å². The Morgan fingerprint density at radius 3 is 2.77 bits per heavy atom. The molecule has 2 heterocycles. The Balaban J connectivity index is 1.26. The third kappa shape index (κ3) is 4.88. The standard InChI is InChI=1S/C19H25ClFN5O2S2/c20-13-9-17(30(27,28)26-19-24-7-8-29-19)14(21)10-16(13)22-5-1-2-6-23-18-12-3-4-15(18)25-11-12/h7-10,12,15,18,22-23,25H,1-6,11H2,(H,24,26)/t12-,15-,18+/m0/s1. The average molecular weight is 474 g/mol. The lowest BCUT2D eigenvalue weighted by atomic mass is 10.1. The molecule has 1 saturated carbocycles. The van der Waals surface area contributed by atoms with Gasteiger partial charge in [0.25, 0.3) is 10.0 Å². The number of rotatable bonds is 10. The van der Waals surface area contributed by atoms with E-state index in [1.165, 1.54) is 19.0 Å². The average Bonchev–Trinajstić information content (AvgIpc) is 3.44. The smallest absolute Gasteiger partial charge is 0.266 e. The van der Waals surface area contributed by atoms with E-state index >= 15 is 0 Å². The second kappa shape index (κ2) is 9.35. The van der Waals surface area contributed by atoms with Crippen LogP contribution in [0.25, 0.3) is 0 Å². The first-order valence-electron chi connectivity index (χ1n) is 10.1. The SMILES string of the molecule is O=S(=O)(Nc1nccs1)c1cc(Cl)c(NCCCCN[C@@H]2[C@H]3CC[C@@H]2NC3)cc1F. The van der Waals surface area contributed by atoms with Crippen molar-refractivity contribution < 1.29 is 12.8 Å². The van der Waals surface area contributed by atoms with Crippen molar-refractivity contribution in [2.45, 2.75) is 42.7 Å². The number of nitrogens with one attached hydrogen (secondary N) is 4. The van der Waals surface area contributed by atoms with Crippen LogP contribution in [0.2, 0.25) is 5.02 Å². The third-order valence-electron chi connectivity index (χ3n) is 5.70. The van der Waals surface area contributed by atoms with Gasteiger partial charge in [-0.2, -0.15) is 0 Å². The molecule has 7 nitrogen and oxygen atoms in total. The Morgan fingerprint density at radius 1 is 1.27 bits per heavy atom. The van der Waals surface area contributed by atoms with Crippen molar-refractivity contribution in [2.75, 3.05) is 29.7 Å². The van der Waals surface area contributed by atoms with Crippen LogP contribution >= 0.6 is 22.9 Å². The highest BCUT2D eigenvalue weighted by Gasteiger charge is 2.40. The molecule has 2 aromatic rings. The van der Waals surface area contributed by atoms with Crippen LogP contribution < -0.4 is 20.7 Å². The normalized spacial score (nSPS) is 23.1. The first kappa shape index (κ1) is 21.8. The number of fused-ring (bicyclic) bond motifs is 2. The summed E-state index contributed by atoms with van der Waals surface area (Å²) in [4.78, 5) is 3.35. The van der Waals surface area contributed by atoms with E-state index in [1.807, 2.05) is 0 Å². The van der Waals surface area contributed by atoms with Gasteiger partial charge in [-0.25, -0.2) is 17.8 Å². The summed E-state index contributed by atoms with van der Waals surface area (Å²) in [5.41, 5.74) is 0.383. The number of nitrogens with zero attached hydrogens (tertiary/aromatic N) is 1. The Hall–Kier alpha value is -1.46. The molecule has 4 N–H and O–H groups in total. The zero-order valence-electron chi connectivity index (χ0n) is 16.3. The van der Waals surface area contributed by atoms with E-state index in [9.17, 15) is 12.8 Å². The van der Waals surface area contributed by atoms with Crippen LogP contribution in [-0.2, 0) is 10.0 Å². The highest BCUT2D eigenvalue weighted by molar-refractivity contribution is 7.93. The molecule has 1 saturated heterocycles. The Bertz CT molecular complexity index is 954. The molecular weight excluding hydrogens is 449 g/mol. The Labute approximate surface area is 184 Å². The summed E-state index contributed by atoms with van der Waals surface area (Å²) in [6, 6.07) is 3.46. The molecule has 1 aromatic carbocycles. The Morgan fingerprint density at radius 2 is 2.10 bits per heavy atom. The van der Waals surface area contributed by atoms with Gasteiger partial charge in [0.1, 0.15) is 10.7 Å². The van der Waals surface area contributed by atoms with Gasteiger partial charge in [0.2, 0.25) is 0 Å². The summed E-state index contributed by atoms with van der Waals surface area (Å²) in [6.07, 6.45) is 5.92. The predicted octanol–water partition coefficient (Wildman–Crippen LogP) is 3.27. The third-order valence-corrected chi connectivity index (χ3v) is 8.18. The van der Waals surface area contributed by atoms with Crippen LogP contribution in [-0.4, -0.2) is 45.1 Å². The second-order valence-electron chi connectivity index (χ2n) is 7.67. The number of benzene rings is 1. The number of sulfonamides is 1. The van der Waals surface area contributed by atoms with E-state index in [0.29, 0.717) is 24.3 Å². The summed E-state index contributed by atoms with van der Waals surface area (Å²) >= 11 is 7.31. The van der Waals surface area contributed by atoms with Gasteiger partial charge >= 0.3 is 0 Å². The molecule has 2 aliphatic rings. The van der Waals surface area contributed by atoms with Crippen molar-refractivity contribution in [3.63, 3.8) is 0 Å². The highest BCUT2D eigenvalue weighted by Crippen LogP contribution is 2.31. The Kier molecular flexibility index (Phi) is 6.78. The van der Waals surface area contributed by atoms with Crippen LogP contribution in [0.3, 0.4) is 0 Å². The van der Waals surface area contributed by atoms with Crippen molar-refractivity contribution in [1.29, 1.82) is 0 Å². The number of hydrogen-bond donors (Lipinski definition) is 4. The molecule has 1 aliphatic heterocycles. The quantitative estimate of drug-likeness (QED) is 0.396. The van der Waals surface area contributed by atoms with Crippen LogP contribution in [0.5, 0.6) is 0 Å². The van der Waals surface area contributed by atoms with Crippen LogP contribution in [0, 0.1) is 11.7 Å². The van der Waals surface area contributed by atoms with Gasteiger partial charge in [-0.05, 0) is 56.8 Å². The lowest BCUT2D eigenvalue weighted by Gasteiger charge is -2.17. The second-order valence-corrected chi connectivity index (χ2v) is 10.6. The zero-order valence-corrected chi connectivity index (χ0v) is 18.7. The van der Waals surface area contributed by atoms with Crippen molar-refractivity contribution in [3.8, 4) is 0 Å². The van der Waals surface area contributed by atoms with Gasteiger partial charge in [-0.1, -0.05) is 11.6 Å². The first-order valence-corrected chi connectivity index (χ1v) is 12.8. The fraction of sp³-hybridized carbons (Fsp3) is 0.526. The number of piperidine rings is 1. The largest absolute Gasteiger partial charge is 0.384 e. The molecular formula is C19H25ClFN5O2S2. The van der Waals surface area contributed by atoms with E-state index in [2.05, 4.69) is 25.7 Å². The maximum atomic E-state index is 14.5. The monoisotopic (exact) mass is 473 g/mol. The van der Waals surface area contributed by atoms with Crippen molar-refractivity contribution >= 4 is 43.8 Å². The number of anilines is 2. The van der Waals surface area contributed by atoms with E-state index in [0.717, 1.165) is 55.3 Å². The number of aromatic nitrogens is 1. The van der Waals surface area contributed by atoms with E-state index in [-0.39, 0.29) is 10.2 Å².